The largest absolute Gasteiger partial charge is 0.362 e. The molecule has 0 bridgehead atoms. The molecule has 1 aliphatic heterocycles. The van der Waals surface area contributed by atoms with Gasteiger partial charge >= 0.3 is 0 Å². The number of nitrogens with zero attached hydrogens (tertiary/aromatic N) is 2. The van der Waals surface area contributed by atoms with Crippen molar-refractivity contribution in [3.05, 3.63) is 0 Å². The third kappa shape index (κ3) is 5.61. The maximum Gasteiger partial charge on any atom is 0.157 e. The molecule has 1 N–H and O–H groups in total. The van der Waals surface area contributed by atoms with Gasteiger partial charge in [0.05, 0.1) is 6.04 Å². The quantitative estimate of drug-likeness (QED) is 0.735. The van der Waals surface area contributed by atoms with Crippen LogP contribution in [0.15, 0.2) is 4.99 Å². The molecule has 2 atom stereocenters. The summed E-state index contributed by atoms with van der Waals surface area (Å²) < 4.78 is 0. The number of nitrogens with one attached hydrogen (secondary N) is 1. The first-order valence-corrected chi connectivity index (χ1v) is 8.37. The minimum absolute atomic E-state index is 0.542. The molecule has 0 amide bonds. The van der Waals surface area contributed by atoms with Gasteiger partial charge in [0.1, 0.15) is 0 Å². The van der Waals surface area contributed by atoms with Gasteiger partial charge in [-0.25, -0.2) is 0 Å². The van der Waals surface area contributed by atoms with Crippen molar-refractivity contribution >= 4 is 16.9 Å². The Hall–Kier alpha value is -0.220. The van der Waals surface area contributed by atoms with Crippen LogP contribution in [-0.2, 0) is 0 Å². The van der Waals surface area contributed by atoms with E-state index < -0.39 is 0 Å². The molecule has 1 rings (SSSR count). The first kappa shape index (κ1) is 15.8. The van der Waals surface area contributed by atoms with Gasteiger partial charge in [0.2, 0.25) is 0 Å². The van der Waals surface area contributed by atoms with Crippen LogP contribution in [0.3, 0.4) is 0 Å². The zero-order chi connectivity index (χ0) is 13.4. The van der Waals surface area contributed by atoms with Gasteiger partial charge in [0.25, 0.3) is 0 Å². The Bertz CT molecular complexity index is 251. The number of thioether (sulfide) groups is 1. The molecule has 0 fully saturated rings. The van der Waals surface area contributed by atoms with Crippen molar-refractivity contribution in [2.75, 3.05) is 25.4 Å². The minimum atomic E-state index is 0.542. The Morgan fingerprint density at radius 2 is 2.11 bits per heavy atom. The standard InChI is InChI=1S/C14H29N3S/c1-5-13-11-18-14(16-13)15-12(4)9-8-10-17(6-2)7-3/h12-13H,5-11H2,1-4H3,(H,15,16). The third-order valence-electron chi connectivity index (χ3n) is 3.56. The third-order valence-corrected chi connectivity index (χ3v) is 4.61. The van der Waals surface area contributed by atoms with Crippen molar-refractivity contribution in [2.45, 2.75) is 59.0 Å². The summed E-state index contributed by atoms with van der Waals surface area (Å²) in [4.78, 5) is 7.17. The lowest BCUT2D eigenvalue weighted by atomic mass is 10.2. The highest BCUT2D eigenvalue weighted by atomic mass is 32.2. The van der Waals surface area contributed by atoms with Gasteiger partial charge < -0.3 is 10.2 Å². The summed E-state index contributed by atoms with van der Waals surface area (Å²) in [6.07, 6.45) is 3.66. The normalized spacial score (nSPS) is 21.2. The lowest BCUT2D eigenvalue weighted by Crippen LogP contribution is -2.31. The van der Waals surface area contributed by atoms with Gasteiger partial charge in [-0.05, 0) is 45.8 Å². The van der Waals surface area contributed by atoms with Crippen molar-refractivity contribution in [1.29, 1.82) is 0 Å². The fraction of sp³-hybridized carbons (Fsp3) is 0.929. The first-order chi connectivity index (χ1) is 8.69. The van der Waals surface area contributed by atoms with E-state index in [4.69, 9.17) is 0 Å². The van der Waals surface area contributed by atoms with Crippen LogP contribution in [0.1, 0.15) is 47.0 Å². The van der Waals surface area contributed by atoms with Crippen molar-refractivity contribution in [2.24, 2.45) is 4.99 Å². The van der Waals surface area contributed by atoms with Gasteiger partial charge in [-0.15, -0.1) is 0 Å². The highest BCUT2D eigenvalue weighted by Gasteiger charge is 2.17. The molecule has 4 heteroatoms. The SMILES string of the molecule is CCC1CSC(NC(C)CCCN(CC)CC)=N1. The second-order valence-electron chi connectivity index (χ2n) is 5.02. The number of amidine groups is 1. The second-order valence-corrected chi connectivity index (χ2v) is 6.03. The molecular weight excluding hydrogens is 242 g/mol. The van der Waals surface area contributed by atoms with Crippen LogP contribution in [-0.4, -0.2) is 47.5 Å². The maximum atomic E-state index is 4.68. The summed E-state index contributed by atoms with van der Waals surface area (Å²) in [5.41, 5.74) is 0. The Morgan fingerprint density at radius 1 is 1.39 bits per heavy atom. The first-order valence-electron chi connectivity index (χ1n) is 7.39. The molecule has 0 saturated carbocycles. The van der Waals surface area contributed by atoms with E-state index in [1.165, 1.54) is 32.5 Å². The van der Waals surface area contributed by atoms with E-state index in [1.807, 2.05) is 11.8 Å². The maximum absolute atomic E-state index is 4.68. The van der Waals surface area contributed by atoms with E-state index in [-0.39, 0.29) is 0 Å². The molecule has 3 nitrogen and oxygen atoms in total. The monoisotopic (exact) mass is 271 g/mol. The summed E-state index contributed by atoms with van der Waals surface area (Å²) in [5, 5.41) is 4.71. The van der Waals surface area contributed by atoms with Crippen LogP contribution in [0.25, 0.3) is 0 Å². The molecule has 2 unspecified atom stereocenters. The van der Waals surface area contributed by atoms with E-state index >= 15 is 0 Å². The molecule has 0 aromatic carbocycles. The number of hydrogen-bond acceptors (Lipinski definition) is 4. The number of hydrogen-bond donors (Lipinski definition) is 1. The minimum Gasteiger partial charge on any atom is -0.362 e. The van der Waals surface area contributed by atoms with Crippen LogP contribution in [0.2, 0.25) is 0 Å². The Labute approximate surface area is 117 Å². The van der Waals surface area contributed by atoms with Crippen molar-refractivity contribution in [3.63, 3.8) is 0 Å². The highest BCUT2D eigenvalue weighted by Crippen LogP contribution is 2.19. The fourth-order valence-corrected chi connectivity index (χ4v) is 3.32. The van der Waals surface area contributed by atoms with Crippen molar-refractivity contribution in [1.82, 2.24) is 10.2 Å². The summed E-state index contributed by atoms with van der Waals surface area (Å²) in [6.45, 7) is 12.5. The average Bonchev–Trinajstić information content (AvgIpc) is 2.82. The van der Waals surface area contributed by atoms with Crippen LogP contribution in [0, 0.1) is 0 Å². The van der Waals surface area contributed by atoms with Gasteiger partial charge in [0.15, 0.2) is 5.17 Å². The molecule has 18 heavy (non-hydrogen) atoms. The van der Waals surface area contributed by atoms with E-state index in [0.29, 0.717) is 12.1 Å². The smallest absolute Gasteiger partial charge is 0.157 e. The molecule has 0 aromatic heterocycles. The number of aliphatic imine (C=N–C) groups is 1. The molecule has 0 spiro atoms. The molecule has 0 aromatic rings. The van der Waals surface area contributed by atoms with Crippen molar-refractivity contribution < 1.29 is 0 Å². The van der Waals surface area contributed by atoms with Gasteiger partial charge in [-0.3, -0.25) is 4.99 Å². The Morgan fingerprint density at radius 3 is 2.67 bits per heavy atom. The average molecular weight is 271 g/mol. The lowest BCUT2D eigenvalue weighted by Gasteiger charge is -2.20. The molecule has 0 aliphatic carbocycles. The molecule has 1 heterocycles. The summed E-state index contributed by atoms with van der Waals surface area (Å²) in [7, 11) is 0. The highest BCUT2D eigenvalue weighted by molar-refractivity contribution is 8.14. The molecular formula is C14H29N3S. The van der Waals surface area contributed by atoms with Crippen LogP contribution < -0.4 is 5.32 Å². The van der Waals surface area contributed by atoms with Crippen LogP contribution >= 0.6 is 11.8 Å². The zero-order valence-corrected chi connectivity index (χ0v) is 13.2. The van der Waals surface area contributed by atoms with E-state index in [2.05, 4.69) is 42.9 Å². The Balaban J connectivity index is 2.16. The van der Waals surface area contributed by atoms with Gasteiger partial charge in [-0.2, -0.15) is 0 Å². The van der Waals surface area contributed by atoms with Crippen molar-refractivity contribution in [3.8, 4) is 0 Å². The molecule has 0 saturated heterocycles. The van der Waals surface area contributed by atoms with E-state index in [0.717, 1.165) is 17.3 Å². The van der Waals surface area contributed by atoms with Crippen LogP contribution in [0.4, 0.5) is 0 Å². The fourth-order valence-electron chi connectivity index (χ4n) is 2.15. The van der Waals surface area contributed by atoms with Crippen LogP contribution in [0.5, 0.6) is 0 Å². The predicted octanol–water partition coefficient (Wildman–Crippen LogP) is 2.97. The van der Waals surface area contributed by atoms with Gasteiger partial charge in [-0.1, -0.05) is 32.5 Å². The lowest BCUT2D eigenvalue weighted by molar-refractivity contribution is 0.293. The number of rotatable bonds is 8. The van der Waals surface area contributed by atoms with E-state index in [9.17, 15) is 0 Å². The Kier molecular flexibility index (Phi) is 7.75. The molecule has 1 aliphatic rings. The predicted molar refractivity (Wildman–Crippen MR) is 83.6 cm³/mol. The molecule has 106 valence electrons. The van der Waals surface area contributed by atoms with E-state index in [1.54, 1.807) is 0 Å². The second kappa shape index (κ2) is 8.81. The zero-order valence-electron chi connectivity index (χ0n) is 12.4. The molecule has 0 radical (unpaired) electrons. The summed E-state index contributed by atoms with van der Waals surface area (Å²) >= 11 is 1.88. The summed E-state index contributed by atoms with van der Waals surface area (Å²) in [6, 6.07) is 1.09. The van der Waals surface area contributed by atoms with Gasteiger partial charge in [0, 0.05) is 11.8 Å². The summed E-state index contributed by atoms with van der Waals surface area (Å²) in [5.74, 6) is 1.16. The topological polar surface area (TPSA) is 27.6 Å².